The molecule has 0 saturated carbocycles. The average Bonchev–Trinajstić information content (AvgIpc) is 2.97. The number of amides is 1. The Bertz CT molecular complexity index is 588. The fourth-order valence-electron chi connectivity index (χ4n) is 3.20. The molecule has 2 aliphatic rings. The molecule has 23 heavy (non-hydrogen) atoms. The monoisotopic (exact) mass is 315 g/mol. The summed E-state index contributed by atoms with van der Waals surface area (Å²) in [5.74, 6) is 0.519. The van der Waals surface area contributed by atoms with Crippen molar-refractivity contribution in [1.82, 2.24) is 0 Å². The normalized spacial score (nSPS) is 22.1. The number of aliphatic hydroxyl groups is 1. The van der Waals surface area contributed by atoms with E-state index in [1.807, 2.05) is 24.3 Å². The predicted octanol–water partition coefficient (Wildman–Crippen LogP) is 2.13. The molecule has 1 unspecified atom stereocenters. The van der Waals surface area contributed by atoms with Crippen molar-refractivity contribution in [2.45, 2.75) is 25.4 Å². The standard InChI is InChI=1S/C17H21N3O3/c18-8-5-13-6-9-19(10-7-13)14-1-3-15(4-2-14)20-11-16(12-21)23-17(20)22/h1-4,13,16,21H,5-7,9-12H2. The third-order valence-electron chi connectivity index (χ3n) is 4.60. The Morgan fingerprint density at radius 1 is 1.22 bits per heavy atom. The van der Waals surface area contributed by atoms with E-state index in [1.54, 1.807) is 4.90 Å². The van der Waals surface area contributed by atoms with Crippen LogP contribution >= 0.6 is 0 Å². The zero-order valence-corrected chi connectivity index (χ0v) is 13.0. The van der Waals surface area contributed by atoms with Gasteiger partial charge in [0.2, 0.25) is 0 Å². The van der Waals surface area contributed by atoms with Crippen LogP contribution in [0.25, 0.3) is 0 Å². The highest BCUT2D eigenvalue weighted by atomic mass is 16.6. The summed E-state index contributed by atoms with van der Waals surface area (Å²) < 4.78 is 5.06. The second-order valence-corrected chi connectivity index (χ2v) is 6.11. The summed E-state index contributed by atoms with van der Waals surface area (Å²) in [4.78, 5) is 15.6. The van der Waals surface area contributed by atoms with Crippen LogP contribution in [-0.4, -0.2) is 43.5 Å². The molecule has 0 aliphatic carbocycles. The molecule has 1 aromatic carbocycles. The molecular formula is C17H21N3O3. The van der Waals surface area contributed by atoms with Crippen molar-refractivity contribution in [1.29, 1.82) is 5.26 Å². The molecule has 1 N–H and O–H groups in total. The van der Waals surface area contributed by atoms with Gasteiger partial charge in [0.25, 0.3) is 0 Å². The van der Waals surface area contributed by atoms with Crippen LogP contribution < -0.4 is 9.80 Å². The van der Waals surface area contributed by atoms with Crippen molar-refractivity contribution in [3.05, 3.63) is 24.3 Å². The molecule has 2 fully saturated rings. The number of ether oxygens (including phenoxy) is 1. The summed E-state index contributed by atoms with van der Waals surface area (Å²) in [5.41, 5.74) is 1.92. The first-order valence-corrected chi connectivity index (χ1v) is 8.02. The predicted molar refractivity (Wildman–Crippen MR) is 86.3 cm³/mol. The van der Waals surface area contributed by atoms with Gasteiger partial charge in [0, 0.05) is 30.9 Å². The molecule has 2 heterocycles. The van der Waals surface area contributed by atoms with Crippen LogP contribution in [0.3, 0.4) is 0 Å². The lowest BCUT2D eigenvalue weighted by atomic mass is 9.94. The van der Waals surface area contributed by atoms with Gasteiger partial charge < -0.3 is 14.7 Å². The Balaban J connectivity index is 1.62. The number of aliphatic hydroxyl groups excluding tert-OH is 1. The topological polar surface area (TPSA) is 76.8 Å². The minimum Gasteiger partial charge on any atom is -0.441 e. The molecular weight excluding hydrogens is 294 g/mol. The molecule has 6 nitrogen and oxygen atoms in total. The smallest absolute Gasteiger partial charge is 0.414 e. The van der Waals surface area contributed by atoms with Gasteiger partial charge in [-0.2, -0.15) is 5.26 Å². The van der Waals surface area contributed by atoms with Gasteiger partial charge in [-0.15, -0.1) is 0 Å². The van der Waals surface area contributed by atoms with E-state index in [2.05, 4.69) is 11.0 Å². The van der Waals surface area contributed by atoms with Crippen LogP contribution in [0.1, 0.15) is 19.3 Å². The third-order valence-corrected chi connectivity index (χ3v) is 4.60. The van der Waals surface area contributed by atoms with Crippen LogP contribution in [0.2, 0.25) is 0 Å². The van der Waals surface area contributed by atoms with Crippen molar-refractivity contribution in [2.24, 2.45) is 5.92 Å². The maximum absolute atomic E-state index is 11.8. The Morgan fingerprint density at radius 2 is 1.87 bits per heavy atom. The highest BCUT2D eigenvalue weighted by molar-refractivity contribution is 5.90. The molecule has 0 radical (unpaired) electrons. The maximum atomic E-state index is 11.8. The quantitative estimate of drug-likeness (QED) is 0.921. The number of hydrogen-bond acceptors (Lipinski definition) is 5. The van der Waals surface area contributed by atoms with Gasteiger partial charge in [-0.1, -0.05) is 0 Å². The summed E-state index contributed by atoms with van der Waals surface area (Å²) in [6.07, 6.45) is 1.89. The van der Waals surface area contributed by atoms with Gasteiger partial charge in [-0.05, 0) is 43.0 Å². The lowest BCUT2D eigenvalue weighted by Gasteiger charge is -2.33. The van der Waals surface area contributed by atoms with Crippen molar-refractivity contribution < 1.29 is 14.6 Å². The number of anilines is 2. The number of benzene rings is 1. The number of rotatable bonds is 4. The lowest BCUT2D eigenvalue weighted by molar-refractivity contribution is 0.0963. The van der Waals surface area contributed by atoms with E-state index in [-0.39, 0.29) is 6.61 Å². The fourth-order valence-corrected chi connectivity index (χ4v) is 3.20. The van der Waals surface area contributed by atoms with Gasteiger partial charge in [0.15, 0.2) is 0 Å². The number of cyclic esters (lactones) is 1. The van der Waals surface area contributed by atoms with Gasteiger partial charge >= 0.3 is 6.09 Å². The summed E-state index contributed by atoms with van der Waals surface area (Å²) >= 11 is 0. The minimum atomic E-state index is -0.443. The first-order chi connectivity index (χ1) is 11.2. The Labute approximate surface area is 135 Å². The van der Waals surface area contributed by atoms with Crippen molar-refractivity contribution in [3.8, 4) is 6.07 Å². The average molecular weight is 315 g/mol. The number of piperidine rings is 1. The van der Waals surface area contributed by atoms with Crippen molar-refractivity contribution in [2.75, 3.05) is 36.0 Å². The Hall–Kier alpha value is -2.26. The second kappa shape index (κ2) is 6.88. The van der Waals surface area contributed by atoms with Crippen LogP contribution in [0.15, 0.2) is 24.3 Å². The fraction of sp³-hybridized carbons (Fsp3) is 0.529. The number of nitriles is 1. The molecule has 0 spiro atoms. The molecule has 1 atom stereocenters. The highest BCUT2D eigenvalue weighted by Crippen LogP contribution is 2.28. The summed E-state index contributed by atoms with van der Waals surface area (Å²) in [6, 6.07) is 10.1. The maximum Gasteiger partial charge on any atom is 0.414 e. The molecule has 0 bridgehead atoms. The molecule has 1 amide bonds. The van der Waals surface area contributed by atoms with Crippen LogP contribution in [0.5, 0.6) is 0 Å². The minimum absolute atomic E-state index is 0.155. The van der Waals surface area contributed by atoms with E-state index in [0.717, 1.165) is 37.3 Å². The molecule has 122 valence electrons. The number of carbonyl (C=O) groups excluding carboxylic acids is 1. The van der Waals surface area contributed by atoms with Crippen LogP contribution in [0.4, 0.5) is 16.2 Å². The third kappa shape index (κ3) is 3.40. The van der Waals surface area contributed by atoms with Gasteiger partial charge in [-0.3, -0.25) is 4.90 Å². The van der Waals surface area contributed by atoms with E-state index in [1.165, 1.54) is 0 Å². The largest absolute Gasteiger partial charge is 0.441 e. The van der Waals surface area contributed by atoms with Gasteiger partial charge in [-0.25, -0.2) is 4.79 Å². The molecule has 3 rings (SSSR count). The van der Waals surface area contributed by atoms with Crippen molar-refractivity contribution in [3.63, 3.8) is 0 Å². The number of nitrogens with zero attached hydrogens (tertiary/aromatic N) is 3. The molecule has 1 aromatic rings. The van der Waals surface area contributed by atoms with E-state index >= 15 is 0 Å². The zero-order valence-electron chi connectivity index (χ0n) is 13.0. The SMILES string of the molecule is N#CCC1CCN(c2ccc(N3CC(CO)OC3=O)cc2)CC1. The number of carbonyl (C=O) groups is 1. The number of hydrogen-bond donors (Lipinski definition) is 1. The highest BCUT2D eigenvalue weighted by Gasteiger charge is 2.31. The van der Waals surface area contributed by atoms with Gasteiger partial charge in [0.1, 0.15) is 6.10 Å². The molecule has 2 saturated heterocycles. The molecule has 6 heteroatoms. The van der Waals surface area contributed by atoms with Crippen LogP contribution in [0, 0.1) is 17.2 Å². The van der Waals surface area contributed by atoms with Crippen LogP contribution in [-0.2, 0) is 4.74 Å². The van der Waals surface area contributed by atoms with E-state index in [0.29, 0.717) is 18.9 Å². The Morgan fingerprint density at radius 3 is 2.43 bits per heavy atom. The Kier molecular flexibility index (Phi) is 4.68. The first-order valence-electron chi connectivity index (χ1n) is 8.02. The molecule has 2 aliphatic heterocycles. The van der Waals surface area contributed by atoms with E-state index < -0.39 is 12.2 Å². The van der Waals surface area contributed by atoms with E-state index in [9.17, 15) is 4.79 Å². The lowest BCUT2D eigenvalue weighted by Crippen LogP contribution is -2.33. The summed E-state index contributed by atoms with van der Waals surface area (Å²) in [6.45, 7) is 2.15. The van der Waals surface area contributed by atoms with Crippen molar-refractivity contribution >= 4 is 17.5 Å². The zero-order chi connectivity index (χ0) is 16.2. The first kappa shape index (κ1) is 15.6. The van der Waals surface area contributed by atoms with E-state index in [4.69, 9.17) is 15.1 Å². The van der Waals surface area contributed by atoms with Gasteiger partial charge in [0.05, 0.1) is 19.2 Å². The molecule has 0 aromatic heterocycles. The summed E-state index contributed by atoms with van der Waals surface area (Å²) in [5, 5.41) is 17.9. The second-order valence-electron chi connectivity index (χ2n) is 6.11. The summed E-state index contributed by atoms with van der Waals surface area (Å²) in [7, 11) is 0.